The number of unbranched alkanes of at least 4 members (excludes halogenated alkanes) is 1. The zero-order valence-corrected chi connectivity index (χ0v) is 6.28. The molecular weight excluding hydrogens is 96.9 g/mol. The Morgan fingerprint density at radius 3 is 1.12 bits per heavy atom. The van der Waals surface area contributed by atoms with E-state index in [0.717, 1.165) is 6.54 Å². The van der Waals surface area contributed by atoms with E-state index in [1.54, 1.807) is 0 Å². The van der Waals surface area contributed by atoms with Gasteiger partial charge < -0.3 is 5.73 Å². The molecule has 2 heteroatoms. The van der Waals surface area contributed by atoms with Crippen LogP contribution in [0.2, 0.25) is 0 Å². The van der Waals surface area contributed by atoms with Gasteiger partial charge in [-0.25, -0.2) is 0 Å². The van der Waals surface area contributed by atoms with Gasteiger partial charge in [0, 0.05) is 8.41 Å². The summed E-state index contributed by atoms with van der Waals surface area (Å²) < 4.78 is 0. The zero-order chi connectivity index (χ0) is 6.12. The molecule has 0 saturated heterocycles. The molecule has 0 heterocycles. The molecule has 0 aliphatic rings. The van der Waals surface area contributed by atoms with Gasteiger partial charge in [0.05, 0.1) is 0 Å². The van der Waals surface area contributed by atoms with Gasteiger partial charge in [-0.2, -0.15) is 0 Å². The predicted molar refractivity (Wildman–Crippen MR) is 41.1 cm³/mol. The normalized spacial score (nSPS) is 6.00. The second-order valence-electron chi connectivity index (χ2n) is 1.41. The molecule has 0 aromatic carbocycles. The van der Waals surface area contributed by atoms with Crippen molar-refractivity contribution in [3.8, 4) is 0 Å². The fourth-order valence-corrected chi connectivity index (χ4v) is 0. The van der Waals surface area contributed by atoms with E-state index in [4.69, 9.17) is 5.73 Å². The Morgan fingerprint density at radius 2 is 1.12 bits per heavy atom. The molecule has 3 radical (unpaired) electrons. The van der Waals surface area contributed by atoms with E-state index >= 15 is 0 Å². The standard InChI is InChI=1S/C4H10.C2H7N.B/c1-3-4-2;1-2-3;/h3-4H2,1-2H3;2-3H2,1H3;. The first-order valence-electron chi connectivity index (χ1n) is 3.03. The second-order valence-corrected chi connectivity index (χ2v) is 1.41. The van der Waals surface area contributed by atoms with Crippen LogP contribution in [-0.2, 0) is 0 Å². The van der Waals surface area contributed by atoms with Gasteiger partial charge in [-0.1, -0.05) is 33.6 Å². The molecule has 49 valence electrons. The molecule has 0 aliphatic carbocycles. The monoisotopic (exact) mass is 114 g/mol. The summed E-state index contributed by atoms with van der Waals surface area (Å²) in [7, 11) is 0. The van der Waals surface area contributed by atoms with Crippen molar-refractivity contribution in [2.75, 3.05) is 6.54 Å². The van der Waals surface area contributed by atoms with Gasteiger partial charge in [0.15, 0.2) is 0 Å². The van der Waals surface area contributed by atoms with Crippen molar-refractivity contribution in [3.63, 3.8) is 0 Å². The summed E-state index contributed by atoms with van der Waals surface area (Å²) >= 11 is 0. The van der Waals surface area contributed by atoms with E-state index in [-0.39, 0.29) is 8.41 Å². The van der Waals surface area contributed by atoms with Gasteiger partial charge >= 0.3 is 0 Å². The highest BCUT2D eigenvalue weighted by Gasteiger charge is 1.56. The summed E-state index contributed by atoms with van der Waals surface area (Å²) in [6, 6.07) is 0. The SMILES string of the molecule is CCCC.CCN.[B]. The van der Waals surface area contributed by atoms with Gasteiger partial charge in [0.2, 0.25) is 0 Å². The molecule has 0 saturated carbocycles. The number of hydrogen-bond acceptors (Lipinski definition) is 1. The van der Waals surface area contributed by atoms with Gasteiger partial charge in [-0.05, 0) is 6.54 Å². The van der Waals surface area contributed by atoms with E-state index in [1.165, 1.54) is 12.8 Å². The molecule has 0 spiro atoms. The minimum absolute atomic E-state index is 0. The van der Waals surface area contributed by atoms with Crippen LogP contribution >= 0.6 is 0 Å². The lowest BCUT2D eigenvalue weighted by atomic mass is 10.4. The number of hydrogen-bond donors (Lipinski definition) is 1. The lowest BCUT2D eigenvalue weighted by Crippen LogP contribution is -1.87. The maximum absolute atomic E-state index is 4.85. The van der Waals surface area contributed by atoms with Crippen molar-refractivity contribution >= 4 is 8.41 Å². The van der Waals surface area contributed by atoms with E-state index in [1.807, 2.05) is 6.92 Å². The van der Waals surface area contributed by atoms with Crippen LogP contribution in [0, 0.1) is 0 Å². The number of nitrogens with two attached hydrogens (primary N) is 1. The van der Waals surface area contributed by atoms with Crippen molar-refractivity contribution in [3.05, 3.63) is 0 Å². The minimum Gasteiger partial charge on any atom is -0.331 e. The minimum atomic E-state index is 0. The first-order chi connectivity index (χ1) is 3.33. The fraction of sp³-hybridized carbons (Fsp3) is 1.00. The summed E-state index contributed by atoms with van der Waals surface area (Å²) in [4.78, 5) is 0. The van der Waals surface area contributed by atoms with Crippen LogP contribution in [-0.4, -0.2) is 15.0 Å². The zero-order valence-electron chi connectivity index (χ0n) is 6.28. The Kier molecular flexibility index (Phi) is 54.6. The van der Waals surface area contributed by atoms with Crippen LogP contribution in [0.15, 0.2) is 0 Å². The third-order valence-electron chi connectivity index (χ3n) is 0.500. The summed E-state index contributed by atoms with van der Waals surface area (Å²) in [5, 5.41) is 0. The average Bonchev–Trinajstić information content (AvgIpc) is 1.69. The summed E-state index contributed by atoms with van der Waals surface area (Å²) in [6.07, 6.45) is 2.64. The molecule has 0 aromatic heterocycles. The highest BCUT2D eigenvalue weighted by Crippen LogP contribution is 1.76. The summed E-state index contributed by atoms with van der Waals surface area (Å²) in [5.41, 5.74) is 4.85. The maximum Gasteiger partial charge on any atom is 0 e. The van der Waals surface area contributed by atoms with E-state index in [2.05, 4.69) is 13.8 Å². The Balaban J connectivity index is -0.0000000575. The highest BCUT2D eigenvalue weighted by molar-refractivity contribution is 5.75. The van der Waals surface area contributed by atoms with Crippen LogP contribution in [0.5, 0.6) is 0 Å². The summed E-state index contributed by atoms with van der Waals surface area (Å²) in [5.74, 6) is 0. The topological polar surface area (TPSA) is 26.0 Å². The lowest BCUT2D eigenvalue weighted by Gasteiger charge is -1.68. The maximum atomic E-state index is 4.85. The molecule has 0 unspecified atom stereocenters. The Morgan fingerprint density at radius 1 is 1.00 bits per heavy atom. The fourth-order valence-electron chi connectivity index (χ4n) is 0. The third-order valence-corrected chi connectivity index (χ3v) is 0.500. The number of rotatable bonds is 1. The Labute approximate surface area is 55.2 Å². The average molecular weight is 114 g/mol. The van der Waals surface area contributed by atoms with Crippen molar-refractivity contribution in [1.82, 2.24) is 0 Å². The molecule has 0 aliphatic heterocycles. The predicted octanol–water partition coefficient (Wildman–Crippen LogP) is 1.39. The van der Waals surface area contributed by atoms with Crippen LogP contribution in [0.4, 0.5) is 0 Å². The lowest BCUT2D eigenvalue weighted by molar-refractivity contribution is 0.886. The highest BCUT2D eigenvalue weighted by atomic mass is 14.5. The third kappa shape index (κ3) is 145. The second kappa shape index (κ2) is 27.9. The van der Waals surface area contributed by atoms with Crippen molar-refractivity contribution in [1.29, 1.82) is 0 Å². The van der Waals surface area contributed by atoms with Crippen LogP contribution in [0.1, 0.15) is 33.6 Å². The van der Waals surface area contributed by atoms with Gasteiger partial charge in [-0.3, -0.25) is 0 Å². The smallest absolute Gasteiger partial charge is 0 e. The molecule has 1 nitrogen and oxygen atoms in total. The van der Waals surface area contributed by atoms with Crippen molar-refractivity contribution in [2.45, 2.75) is 33.6 Å². The summed E-state index contributed by atoms with van der Waals surface area (Å²) in [6.45, 7) is 7.01. The first kappa shape index (κ1) is 15.7. The Bertz CT molecular complexity index is 16.0. The van der Waals surface area contributed by atoms with Gasteiger partial charge in [0.25, 0.3) is 0 Å². The van der Waals surface area contributed by atoms with Crippen LogP contribution in [0.25, 0.3) is 0 Å². The van der Waals surface area contributed by atoms with E-state index in [0.29, 0.717) is 0 Å². The first-order valence-corrected chi connectivity index (χ1v) is 3.03. The molecule has 0 amide bonds. The largest absolute Gasteiger partial charge is 0.331 e. The van der Waals surface area contributed by atoms with E-state index < -0.39 is 0 Å². The molecule has 2 N–H and O–H groups in total. The molecular formula is C6H17BN. The molecule has 0 aromatic rings. The molecule has 0 atom stereocenters. The van der Waals surface area contributed by atoms with Crippen LogP contribution < -0.4 is 5.73 Å². The quantitative estimate of drug-likeness (QED) is 0.512. The molecule has 8 heavy (non-hydrogen) atoms. The van der Waals surface area contributed by atoms with Crippen molar-refractivity contribution < 1.29 is 0 Å². The molecule has 0 rings (SSSR count). The molecule has 0 fully saturated rings. The van der Waals surface area contributed by atoms with Crippen molar-refractivity contribution in [2.24, 2.45) is 5.73 Å². The Hall–Kier alpha value is 0.0249. The van der Waals surface area contributed by atoms with Crippen LogP contribution in [0.3, 0.4) is 0 Å². The molecule has 0 bridgehead atoms. The van der Waals surface area contributed by atoms with Gasteiger partial charge in [-0.15, -0.1) is 0 Å². The van der Waals surface area contributed by atoms with E-state index in [9.17, 15) is 0 Å². The van der Waals surface area contributed by atoms with Gasteiger partial charge in [0.1, 0.15) is 0 Å².